The molecule has 9 heteroatoms. The molecule has 0 N–H and O–H groups in total. The van der Waals surface area contributed by atoms with Gasteiger partial charge in [0.05, 0.1) is 0 Å². The van der Waals surface area contributed by atoms with Crippen LogP contribution in [0.15, 0.2) is 35.6 Å². The first kappa shape index (κ1) is 16.7. The Morgan fingerprint density at radius 1 is 1.25 bits per heavy atom. The van der Waals surface area contributed by atoms with Gasteiger partial charge in [-0.1, -0.05) is 0 Å². The molecule has 126 valence electrons. The first-order valence-corrected chi connectivity index (χ1v) is 7.69. The summed E-state index contributed by atoms with van der Waals surface area (Å²) in [4.78, 5) is 12.4. The lowest BCUT2D eigenvalue weighted by atomic mass is 10.2. The standard InChI is InChI=1S/C15H12F4N4S/c1-8-5-10-13(21-6-8)23(2)12(22-10)9-3-4-20-7-11(9)24-15(18,19)14(16)17/h3-7,14H,1-2H3. The molecule has 24 heavy (non-hydrogen) atoms. The van der Waals surface area contributed by atoms with Crippen molar-refractivity contribution in [3.8, 4) is 11.4 Å². The Morgan fingerprint density at radius 3 is 2.71 bits per heavy atom. The van der Waals surface area contributed by atoms with E-state index in [9.17, 15) is 17.6 Å². The van der Waals surface area contributed by atoms with E-state index in [1.807, 2.05) is 13.0 Å². The number of hydrogen-bond donors (Lipinski definition) is 0. The molecule has 4 nitrogen and oxygen atoms in total. The predicted octanol–water partition coefficient (Wildman–Crippen LogP) is 4.29. The van der Waals surface area contributed by atoms with Gasteiger partial charge >= 0.3 is 11.7 Å². The lowest BCUT2D eigenvalue weighted by molar-refractivity contribution is -0.0563. The fourth-order valence-corrected chi connectivity index (χ4v) is 3.02. The van der Waals surface area contributed by atoms with Crippen molar-refractivity contribution in [2.24, 2.45) is 7.05 Å². The summed E-state index contributed by atoms with van der Waals surface area (Å²) in [6, 6.07) is 3.28. The molecule has 0 aliphatic carbocycles. The summed E-state index contributed by atoms with van der Waals surface area (Å²) in [6.45, 7) is 1.86. The molecule has 0 unspecified atom stereocenters. The molecule has 0 radical (unpaired) electrons. The summed E-state index contributed by atoms with van der Waals surface area (Å²) in [5.41, 5.74) is 2.37. The Balaban J connectivity index is 2.12. The SMILES string of the molecule is Cc1cnc2c(c1)nc(-c1ccncc1SC(F)(F)C(F)F)n2C. The molecule has 0 aliphatic rings. The first-order valence-electron chi connectivity index (χ1n) is 6.88. The maximum Gasteiger partial charge on any atom is 0.357 e. The van der Waals surface area contributed by atoms with Gasteiger partial charge in [0.1, 0.15) is 11.3 Å². The van der Waals surface area contributed by atoms with Crippen molar-refractivity contribution in [1.29, 1.82) is 0 Å². The van der Waals surface area contributed by atoms with Crippen LogP contribution >= 0.6 is 11.8 Å². The van der Waals surface area contributed by atoms with Gasteiger partial charge in [-0.25, -0.2) is 18.7 Å². The van der Waals surface area contributed by atoms with Crippen LogP contribution in [0.25, 0.3) is 22.6 Å². The maximum atomic E-state index is 13.4. The van der Waals surface area contributed by atoms with Crippen LogP contribution in [0.5, 0.6) is 0 Å². The number of halogens is 4. The minimum absolute atomic E-state index is 0.0714. The number of hydrogen-bond acceptors (Lipinski definition) is 4. The molecule has 0 saturated carbocycles. The van der Waals surface area contributed by atoms with E-state index >= 15 is 0 Å². The number of pyridine rings is 2. The quantitative estimate of drug-likeness (QED) is 0.517. The molecular formula is C15H12F4N4S. The van der Waals surface area contributed by atoms with Crippen molar-refractivity contribution in [2.45, 2.75) is 23.5 Å². The molecule has 0 fully saturated rings. The Morgan fingerprint density at radius 2 is 2.00 bits per heavy atom. The number of aromatic nitrogens is 4. The Labute approximate surface area is 138 Å². The molecule has 0 saturated heterocycles. The molecule has 0 spiro atoms. The number of rotatable bonds is 4. The second kappa shape index (κ2) is 6.04. The van der Waals surface area contributed by atoms with Gasteiger partial charge in [-0.3, -0.25) is 4.98 Å². The third-order valence-corrected chi connectivity index (χ3v) is 4.37. The molecule has 0 aliphatic heterocycles. The van der Waals surface area contributed by atoms with Crippen LogP contribution in [0.4, 0.5) is 17.6 Å². The largest absolute Gasteiger partial charge is 0.357 e. The van der Waals surface area contributed by atoms with E-state index in [0.717, 1.165) is 11.8 Å². The van der Waals surface area contributed by atoms with Crippen molar-refractivity contribution in [1.82, 2.24) is 19.5 Å². The van der Waals surface area contributed by atoms with Crippen LogP contribution in [-0.2, 0) is 7.05 Å². The zero-order chi connectivity index (χ0) is 17.5. The van der Waals surface area contributed by atoms with Crippen molar-refractivity contribution in [2.75, 3.05) is 0 Å². The summed E-state index contributed by atoms with van der Waals surface area (Å²) in [5.74, 6) is 0.359. The molecule has 3 heterocycles. The number of aryl methyl sites for hydroxylation is 2. The number of fused-ring (bicyclic) bond motifs is 1. The number of thioether (sulfide) groups is 1. The van der Waals surface area contributed by atoms with E-state index in [4.69, 9.17) is 0 Å². The van der Waals surface area contributed by atoms with E-state index in [0.29, 0.717) is 22.6 Å². The summed E-state index contributed by atoms with van der Waals surface area (Å²) in [6.07, 6.45) is 0.424. The second-order valence-corrected chi connectivity index (χ2v) is 6.37. The second-order valence-electron chi connectivity index (χ2n) is 5.19. The smallest absolute Gasteiger partial charge is 0.312 e. The molecule has 0 bridgehead atoms. The minimum Gasteiger partial charge on any atom is -0.312 e. The Kier molecular flexibility index (Phi) is 4.20. The lowest BCUT2D eigenvalue weighted by Crippen LogP contribution is -2.21. The zero-order valence-electron chi connectivity index (χ0n) is 12.7. The lowest BCUT2D eigenvalue weighted by Gasteiger charge is -2.16. The van der Waals surface area contributed by atoms with Gasteiger partial charge in [0.15, 0.2) is 5.65 Å². The fraction of sp³-hybridized carbons (Fsp3) is 0.267. The van der Waals surface area contributed by atoms with Crippen molar-refractivity contribution in [3.05, 3.63) is 36.3 Å². The third kappa shape index (κ3) is 2.95. The molecule has 3 aromatic rings. The highest BCUT2D eigenvalue weighted by molar-refractivity contribution is 8.00. The van der Waals surface area contributed by atoms with Gasteiger partial charge in [-0.05, 0) is 36.4 Å². The summed E-state index contributed by atoms with van der Waals surface area (Å²) in [5, 5.41) is -4.21. The van der Waals surface area contributed by atoms with Crippen molar-refractivity contribution < 1.29 is 17.6 Å². The van der Waals surface area contributed by atoms with E-state index in [1.165, 1.54) is 12.3 Å². The van der Waals surface area contributed by atoms with E-state index in [1.54, 1.807) is 17.8 Å². The topological polar surface area (TPSA) is 43.6 Å². The van der Waals surface area contributed by atoms with Gasteiger partial charge in [0, 0.05) is 36.1 Å². The van der Waals surface area contributed by atoms with Crippen LogP contribution in [0, 0.1) is 6.92 Å². The fourth-order valence-electron chi connectivity index (χ4n) is 2.25. The van der Waals surface area contributed by atoms with Crippen LogP contribution < -0.4 is 0 Å². The van der Waals surface area contributed by atoms with Crippen molar-refractivity contribution in [3.63, 3.8) is 0 Å². The number of alkyl halides is 4. The molecule has 0 atom stereocenters. The normalized spacial score (nSPS) is 12.3. The molecule has 3 aromatic heterocycles. The van der Waals surface area contributed by atoms with E-state index in [-0.39, 0.29) is 16.7 Å². The molecule has 3 rings (SSSR count). The molecule has 0 aromatic carbocycles. The number of imidazole rings is 1. The van der Waals surface area contributed by atoms with Crippen molar-refractivity contribution >= 4 is 22.9 Å². The average Bonchev–Trinajstić information content (AvgIpc) is 2.83. The van der Waals surface area contributed by atoms with Crippen LogP contribution in [-0.4, -0.2) is 31.2 Å². The van der Waals surface area contributed by atoms with E-state index in [2.05, 4.69) is 15.0 Å². The first-order chi connectivity index (χ1) is 11.3. The summed E-state index contributed by atoms with van der Waals surface area (Å²) in [7, 11) is 1.69. The van der Waals surface area contributed by atoms with Gasteiger partial charge in [-0.2, -0.15) is 8.78 Å². The summed E-state index contributed by atoms with van der Waals surface area (Å²) >= 11 is -0.222. The Bertz CT molecular complexity index is 894. The predicted molar refractivity (Wildman–Crippen MR) is 83.3 cm³/mol. The van der Waals surface area contributed by atoms with Gasteiger partial charge in [0.25, 0.3) is 0 Å². The average molecular weight is 356 g/mol. The van der Waals surface area contributed by atoms with Gasteiger partial charge in [-0.15, -0.1) is 0 Å². The van der Waals surface area contributed by atoms with Gasteiger partial charge < -0.3 is 4.57 Å². The monoisotopic (exact) mass is 356 g/mol. The Hall–Kier alpha value is -2.16. The minimum atomic E-state index is -4.21. The zero-order valence-corrected chi connectivity index (χ0v) is 13.5. The maximum absolute atomic E-state index is 13.4. The highest BCUT2D eigenvalue weighted by atomic mass is 32.2. The molecular weight excluding hydrogens is 344 g/mol. The van der Waals surface area contributed by atoms with Gasteiger partial charge in [0.2, 0.25) is 0 Å². The van der Waals surface area contributed by atoms with Crippen LogP contribution in [0.3, 0.4) is 0 Å². The third-order valence-electron chi connectivity index (χ3n) is 3.37. The van der Waals surface area contributed by atoms with E-state index < -0.39 is 11.7 Å². The number of nitrogens with zero attached hydrogens (tertiary/aromatic N) is 4. The molecule has 0 amide bonds. The van der Waals surface area contributed by atoms with Crippen LogP contribution in [0.1, 0.15) is 5.56 Å². The summed E-state index contributed by atoms with van der Waals surface area (Å²) < 4.78 is 53.5. The highest BCUT2D eigenvalue weighted by Gasteiger charge is 2.42. The van der Waals surface area contributed by atoms with Crippen LogP contribution in [0.2, 0.25) is 0 Å². The highest BCUT2D eigenvalue weighted by Crippen LogP contribution is 2.43.